The van der Waals surface area contributed by atoms with Crippen LogP contribution < -0.4 is 0 Å². The zero-order chi connectivity index (χ0) is 10.8. The normalized spacial score (nSPS) is 19.8. The number of hydrogen-bond donors (Lipinski definition) is 1. The first kappa shape index (κ1) is 11.4. The zero-order valence-electron chi connectivity index (χ0n) is 7.12. The number of carbonyl (C=O) groups is 1. The van der Waals surface area contributed by atoms with Crippen LogP contribution in [0, 0.1) is 0 Å². The second-order valence-electron chi connectivity index (χ2n) is 2.74. The largest absolute Gasteiger partial charge is 0.465 e. The molecule has 1 aliphatic heterocycles. The van der Waals surface area contributed by atoms with E-state index in [1.165, 1.54) is 0 Å². The van der Waals surface area contributed by atoms with Gasteiger partial charge in [-0.25, -0.2) is 9.10 Å². The first-order chi connectivity index (χ1) is 6.38. The Balaban J connectivity index is 2.33. The summed E-state index contributed by atoms with van der Waals surface area (Å²) in [6, 6.07) is 0. The Morgan fingerprint density at radius 3 is 2.07 bits per heavy atom. The van der Waals surface area contributed by atoms with Gasteiger partial charge in [-0.3, -0.25) is 0 Å². The Morgan fingerprint density at radius 2 is 1.71 bits per heavy atom. The van der Waals surface area contributed by atoms with Crippen LogP contribution in [0.5, 0.6) is 0 Å². The molecule has 0 radical (unpaired) electrons. The van der Waals surface area contributed by atoms with Crippen molar-refractivity contribution in [3.05, 3.63) is 0 Å². The fourth-order valence-corrected chi connectivity index (χ4v) is 1.76. The summed E-state index contributed by atoms with van der Waals surface area (Å²) in [5, 5.41) is 8.54. The average molecular weight is 230 g/mol. The average Bonchev–Trinajstić information content (AvgIpc) is 2.02. The van der Waals surface area contributed by atoms with Crippen molar-refractivity contribution in [2.45, 2.75) is 5.51 Å². The maximum atomic E-state index is 11.9. The van der Waals surface area contributed by atoms with Crippen LogP contribution in [-0.2, 0) is 0 Å². The molecule has 8 heteroatoms. The van der Waals surface area contributed by atoms with Gasteiger partial charge >= 0.3 is 11.6 Å². The first-order valence-corrected chi connectivity index (χ1v) is 4.64. The number of piperazine rings is 1. The van der Waals surface area contributed by atoms with E-state index in [9.17, 15) is 18.0 Å². The summed E-state index contributed by atoms with van der Waals surface area (Å²) in [6.07, 6.45) is -1.08. The predicted molar refractivity (Wildman–Crippen MR) is 44.8 cm³/mol. The lowest BCUT2D eigenvalue weighted by Gasteiger charge is -2.32. The van der Waals surface area contributed by atoms with E-state index in [0.29, 0.717) is 0 Å². The van der Waals surface area contributed by atoms with Crippen LogP contribution in [0.15, 0.2) is 0 Å². The molecule has 0 saturated carbocycles. The van der Waals surface area contributed by atoms with Crippen LogP contribution in [0.2, 0.25) is 0 Å². The molecule has 0 aromatic heterocycles. The summed E-state index contributed by atoms with van der Waals surface area (Å²) in [5.41, 5.74) is -4.29. The van der Waals surface area contributed by atoms with Crippen molar-refractivity contribution in [3.63, 3.8) is 0 Å². The van der Waals surface area contributed by atoms with Crippen molar-refractivity contribution < 1.29 is 23.1 Å². The van der Waals surface area contributed by atoms with Crippen LogP contribution in [0.25, 0.3) is 0 Å². The highest BCUT2D eigenvalue weighted by atomic mass is 32.2. The summed E-state index contributed by atoms with van der Waals surface area (Å²) < 4.78 is 36.8. The molecule has 0 spiro atoms. The highest BCUT2D eigenvalue weighted by Crippen LogP contribution is 2.33. The number of rotatable bonds is 1. The van der Waals surface area contributed by atoms with Crippen LogP contribution >= 0.6 is 11.9 Å². The first-order valence-electron chi connectivity index (χ1n) is 3.87. The molecule has 0 aliphatic carbocycles. The van der Waals surface area contributed by atoms with E-state index < -0.39 is 11.6 Å². The molecular weight excluding hydrogens is 221 g/mol. The molecule has 1 aliphatic rings. The topological polar surface area (TPSA) is 43.8 Å². The van der Waals surface area contributed by atoms with Gasteiger partial charge in [-0.1, -0.05) is 0 Å². The highest BCUT2D eigenvalue weighted by Gasteiger charge is 2.34. The van der Waals surface area contributed by atoms with E-state index in [1.807, 2.05) is 0 Å². The number of amides is 1. The smallest absolute Gasteiger partial charge is 0.456 e. The van der Waals surface area contributed by atoms with Crippen molar-refractivity contribution in [1.29, 1.82) is 0 Å². The summed E-state index contributed by atoms with van der Waals surface area (Å²) in [4.78, 5) is 11.5. The van der Waals surface area contributed by atoms with Gasteiger partial charge in [-0.2, -0.15) is 13.2 Å². The van der Waals surface area contributed by atoms with Crippen molar-refractivity contribution in [2.75, 3.05) is 26.2 Å². The third kappa shape index (κ3) is 3.62. The van der Waals surface area contributed by atoms with Gasteiger partial charge in [-0.05, 0) is 0 Å². The lowest BCUT2D eigenvalue weighted by atomic mass is 10.4. The third-order valence-electron chi connectivity index (χ3n) is 1.74. The molecular formula is C6H9F3N2O2S. The molecule has 4 nitrogen and oxygen atoms in total. The van der Waals surface area contributed by atoms with Gasteiger partial charge < -0.3 is 10.0 Å². The lowest BCUT2D eigenvalue weighted by Crippen LogP contribution is -2.46. The van der Waals surface area contributed by atoms with Gasteiger partial charge in [0.15, 0.2) is 0 Å². The molecule has 1 rings (SSSR count). The highest BCUT2D eigenvalue weighted by molar-refractivity contribution is 7.97. The van der Waals surface area contributed by atoms with E-state index in [4.69, 9.17) is 5.11 Å². The van der Waals surface area contributed by atoms with Crippen LogP contribution in [0.4, 0.5) is 18.0 Å². The van der Waals surface area contributed by atoms with E-state index in [1.54, 1.807) is 0 Å². The number of alkyl halides is 3. The minimum atomic E-state index is -4.29. The van der Waals surface area contributed by atoms with Crippen LogP contribution in [-0.4, -0.2) is 52.1 Å². The zero-order valence-corrected chi connectivity index (χ0v) is 7.94. The Labute approximate surface area is 82.8 Å². The van der Waals surface area contributed by atoms with E-state index in [2.05, 4.69) is 0 Å². The minimum Gasteiger partial charge on any atom is -0.465 e. The molecule has 1 saturated heterocycles. The number of hydrogen-bond acceptors (Lipinski definition) is 3. The van der Waals surface area contributed by atoms with Crippen LogP contribution in [0.3, 0.4) is 0 Å². The molecule has 1 heterocycles. The van der Waals surface area contributed by atoms with Crippen molar-refractivity contribution >= 4 is 18.0 Å². The molecule has 0 bridgehead atoms. The molecule has 0 aromatic carbocycles. The standard InChI is InChI=1S/C6H9F3N2O2S/c7-6(8,9)14-11-3-1-10(2-4-11)5(12)13/h1-4H2,(H,12,13). The van der Waals surface area contributed by atoms with E-state index in [0.717, 1.165) is 9.21 Å². The fraction of sp³-hybridized carbons (Fsp3) is 0.833. The summed E-state index contributed by atoms with van der Waals surface area (Å²) >= 11 is -0.195. The number of nitrogens with zero attached hydrogens (tertiary/aromatic N) is 2. The minimum absolute atomic E-state index is 0.108. The Morgan fingerprint density at radius 1 is 1.21 bits per heavy atom. The molecule has 82 valence electrons. The molecule has 0 atom stereocenters. The molecule has 1 N–H and O–H groups in total. The third-order valence-corrected chi connectivity index (χ3v) is 2.57. The summed E-state index contributed by atoms with van der Waals surface area (Å²) in [5.74, 6) is 0. The monoisotopic (exact) mass is 230 g/mol. The second kappa shape index (κ2) is 4.26. The quantitative estimate of drug-likeness (QED) is 0.692. The number of halogens is 3. The van der Waals surface area contributed by atoms with Crippen molar-refractivity contribution in [1.82, 2.24) is 9.21 Å². The maximum absolute atomic E-state index is 11.9. The van der Waals surface area contributed by atoms with E-state index in [-0.39, 0.29) is 38.1 Å². The van der Waals surface area contributed by atoms with Crippen molar-refractivity contribution in [2.24, 2.45) is 0 Å². The SMILES string of the molecule is O=C(O)N1CCN(SC(F)(F)F)CC1. The van der Waals surface area contributed by atoms with Gasteiger partial charge in [0, 0.05) is 38.1 Å². The molecule has 0 aromatic rings. The Hall–Kier alpha value is -0.630. The van der Waals surface area contributed by atoms with Gasteiger partial charge in [0.05, 0.1) is 0 Å². The van der Waals surface area contributed by atoms with Gasteiger partial charge in [-0.15, -0.1) is 0 Å². The molecule has 14 heavy (non-hydrogen) atoms. The summed E-state index contributed by atoms with van der Waals surface area (Å²) in [7, 11) is 0. The van der Waals surface area contributed by atoms with Crippen molar-refractivity contribution in [3.8, 4) is 0 Å². The van der Waals surface area contributed by atoms with Gasteiger partial charge in [0.25, 0.3) is 0 Å². The Bertz CT molecular complexity index is 216. The van der Waals surface area contributed by atoms with Crippen LogP contribution in [0.1, 0.15) is 0 Å². The predicted octanol–water partition coefficient (Wildman–Crippen LogP) is 1.45. The lowest BCUT2D eigenvalue weighted by molar-refractivity contribution is -0.0368. The Kier molecular flexibility index (Phi) is 3.48. The van der Waals surface area contributed by atoms with Gasteiger partial charge in [0.1, 0.15) is 0 Å². The number of carboxylic acid groups (broad SMARTS) is 1. The summed E-state index contributed by atoms with van der Waals surface area (Å²) in [6.45, 7) is 0.462. The van der Waals surface area contributed by atoms with Gasteiger partial charge in [0.2, 0.25) is 0 Å². The van der Waals surface area contributed by atoms with E-state index >= 15 is 0 Å². The molecule has 0 unspecified atom stereocenters. The maximum Gasteiger partial charge on any atom is 0.456 e. The molecule has 1 fully saturated rings. The second-order valence-corrected chi connectivity index (χ2v) is 3.90. The fourth-order valence-electron chi connectivity index (χ4n) is 1.12. The molecule has 1 amide bonds.